The van der Waals surface area contributed by atoms with Gasteiger partial charge in [-0.2, -0.15) is 26.3 Å². The van der Waals surface area contributed by atoms with Crippen LogP contribution in [0.25, 0.3) is 5.65 Å². The molecule has 1 aliphatic carbocycles. The van der Waals surface area contributed by atoms with Gasteiger partial charge in [-0.05, 0) is 54.4 Å². The van der Waals surface area contributed by atoms with Crippen molar-refractivity contribution >= 4 is 11.6 Å². The Morgan fingerprint density at radius 3 is 2.21 bits per heavy atom. The highest BCUT2D eigenvalue weighted by Gasteiger charge is 2.45. The molecule has 2 aliphatic rings. The molecule has 5 nitrogen and oxygen atoms in total. The van der Waals surface area contributed by atoms with E-state index in [0.29, 0.717) is 31.5 Å². The van der Waals surface area contributed by atoms with Crippen LogP contribution in [0.3, 0.4) is 0 Å². The quantitative estimate of drug-likeness (QED) is 0.496. The predicted molar refractivity (Wildman–Crippen MR) is 104 cm³/mol. The molecule has 1 saturated carbocycles. The Hall–Kier alpha value is -3.11. The molecular weight excluding hydrogens is 450 g/mol. The maximum atomic E-state index is 13.4. The van der Waals surface area contributed by atoms with E-state index in [1.807, 2.05) is 0 Å². The molecule has 2 fully saturated rings. The van der Waals surface area contributed by atoms with Crippen LogP contribution in [0.15, 0.2) is 42.6 Å². The van der Waals surface area contributed by atoms with Gasteiger partial charge < -0.3 is 4.90 Å². The Morgan fingerprint density at radius 2 is 1.58 bits per heavy atom. The van der Waals surface area contributed by atoms with Gasteiger partial charge >= 0.3 is 12.4 Å². The second-order valence-corrected chi connectivity index (χ2v) is 8.65. The monoisotopic (exact) mass is 468 g/mol. The van der Waals surface area contributed by atoms with E-state index in [1.54, 1.807) is 11.0 Å². The third-order valence-corrected chi connectivity index (χ3v) is 6.67. The first-order chi connectivity index (χ1) is 15.5. The van der Waals surface area contributed by atoms with E-state index in [-0.39, 0.29) is 29.2 Å². The maximum Gasteiger partial charge on any atom is 0.416 e. The summed E-state index contributed by atoms with van der Waals surface area (Å²) < 4.78 is 80.2. The number of hydrogen-bond donors (Lipinski definition) is 0. The van der Waals surface area contributed by atoms with E-state index in [9.17, 15) is 31.1 Å². The van der Waals surface area contributed by atoms with Crippen molar-refractivity contribution in [1.29, 1.82) is 0 Å². The number of rotatable bonds is 2. The normalized spacial score (nSPS) is 23.3. The highest BCUT2D eigenvalue weighted by Crippen LogP contribution is 2.49. The lowest BCUT2D eigenvalue weighted by Crippen LogP contribution is -2.31. The topological polar surface area (TPSA) is 50.5 Å². The van der Waals surface area contributed by atoms with Crippen LogP contribution in [0.1, 0.15) is 46.1 Å². The number of halogens is 6. The first kappa shape index (κ1) is 21.7. The van der Waals surface area contributed by atoms with E-state index in [1.165, 1.54) is 16.5 Å². The molecule has 174 valence electrons. The Bertz CT molecular complexity index is 1200. The van der Waals surface area contributed by atoms with Crippen LogP contribution < -0.4 is 0 Å². The Kier molecular flexibility index (Phi) is 4.91. The lowest BCUT2D eigenvalue weighted by atomic mass is 9.91. The van der Waals surface area contributed by atoms with Gasteiger partial charge in [0.25, 0.3) is 5.91 Å². The SMILES string of the molecule is O=C(c1nnc2cc(C(F)(F)F)ccn12)N1C[C@H]2CC(c3ccccc3C(F)(F)F)C[C@H]2C1. The van der Waals surface area contributed by atoms with Gasteiger partial charge in [0.2, 0.25) is 5.82 Å². The van der Waals surface area contributed by atoms with Crippen molar-refractivity contribution in [2.24, 2.45) is 11.8 Å². The summed E-state index contributed by atoms with van der Waals surface area (Å²) in [6, 6.07) is 7.28. The second kappa shape index (κ2) is 7.46. The average Bonchev–Trinajstić information content (AvgIpc) is 3.44. The number of likely N-dealkylation sites (tertiary alicyclic amines) is 1. The number of fused-ring (bicyclic) bond motifs is 2. The van der Waals surface area contributed by atoms with E-state index in [2.05, 4.69) is 10.2 Å². The largest absolute Gasteiger partial charge is 0.416 e. The number of alkyl halides is 6. The number of pyridine rings is 1. The number of carbonyl (C=O) groups is 1. The van der Waals surface area contributed by atoms with Crippen LogP contribution >= 0.6 is 0 Å². The molecule has 1 unspecified atom stereocenters. The van der Waals surface area contributed by atoms with Gasteiger partial charge in [0.1, 0.15) is 0 Å². The molecule has 3 heterocycles. The van der Waals surface area contributed by atoms with Crippen molar-refractivity contribution in [2.45, 2.75) is 31.1 Å². The molecule has 5 rings (SSSR count). The van der Waals surface area contributed by atoms with Crippen LogP contribution in [0, 0.1) is 11.8 Å². The minimum atomic E-state index is -4.54. The van der Waals surface area contributed by atoms with Crippen molar-refractivity contribution in [3.05, 3.63) is 65.1 Å². The van der Waals surface area contributed by atoms with Crippen molar-refractivity contribution in [1.82, 2.24) is 19.5 Å². The molecule has 0 radical (unpaired) electrons. The fourth-order valence-corrected chi connectivity index (χ4v) is 5.19. The van der Waals surface area contributed by atoms with Crippen LogP contribution in [-0.2, 0) is 12.4 Å². The van der Waals surface area contributed by atoms with Crippen molar-refractivity contribution in [3.63, 3.8) is 0 Å². The standard InChI is InChI=1S/C22H18F6N4O/c23-21(24,25)15-5-6-32-18(9-15)29-30-19(32)20(33)31-10-13-7-12(8-14(13)11-31)16-3-1-2-4-17(16)22(26,27)28/h1-6,9,12-14H,7-8,10-11H2/t12?,13-,14+. The molecule has 1 aromatic carbocycles. The fourth-order valence-electron chi connectivity index (χ4n) is 5.19. The first-order valence-electron chi connectivity index (χ1n) is 10.4. The number of carbonyl (C=O) groups excluding carboxylic acids is 1. The summed E-state index contributed by atoms with van der Waals surface area (Å²) in [6.45, 7) is 0.730. The molecule has 3 atom stereocenters. The average molecular weight is 468 g/mol. The number of amides is 1. The summed E-state index contributed by atoms with van der Waals surface area (Å²) in [4.78, 5) is 14.6. The van der Waals surface area contributed by atoms with Crippen LogP contribution in [0.5, 0.6) is 0 Å². The highest BCUT2D eigenvalue weighted by molar-refractivity contribution is 5.91. The van der Waals surface area contributed by atoms with Gasteiger partial charge in [0.05, 0.1) is 11.1 Å². The van der Waals surface area contributed by atoms with Gasteiger partial charge in [0.15, 0.2) is 5.65 Å². The lowest BCUT2D eigenvalue weighted by Gasteiger charge is -2.21. The molecule has 1 aliphatic heterocycles. The molecule has 2 aromatic heterocycles. The van der Waals surface area contributed by atoms with Crippen LogP contribution in [-0.4, -0.2) is 38.5 Å². The van der Waals surface area contributed by atoms with Gasteiger partial charge in [-0.25, -0.2) is 0 Å². The predicted octanol–water partition coefficient (Wildman–Crippen LogP) is 5.03. The van der Waals surface area contributed by atoms with Crippen molar-refractivity contribution in [2.75, 3.05) is 13.1 Å². The van der Waals surface area contributed by atoms with Crippen molar-refractivity contribution in [3.8, 4) is 0 Å². The maximum absolute atomic E-state index is 13.4. The lowest BCUT2D eigenvalue weighted by molar-refractivity contribution is -0.138. The van der Waals surface area contributed by atoms with E-state index in [0.717, 1.165) is 24.4 Å². The number of aromatic nitrogens is 3. The minimum absolute atomic E-state index is 0.0521. The van der Waals surface area contributed by atoms with Gasteiger partial charge in [-0.3, -0.25) is 9.20 Å². The molecule has 1 saturated heterocycles. The number of benzene rings is 1. The summed E-state index contributed by atoms with van der Waals surface area (Å²) in [5, 5.41) is 7.49. The third kappa shape index (κ3) is 3.83. The Morgan fingerprint density at radius 1 is 0.909 bits per heavy atom. The Balaban J connectivity index is 1.32. The van der Waals surface area contributed by atoms with Gasteiger partial charge in [0, 0.05) is 19.3 Å². The summed E-state index contributed by atoms with van der Waals surface area (Å²) >= 11 is 0. The summed E-state index contributed by atoms with van der Waals surface area (Å²) in [7, 11) is 0. The number of hydrogen-bond acceptors (Lipinski definition) is 3. The van der Waals surface area contributed by atoms with E-state index >= 15 is 0 Å². The molecule has 0 bridgehead atoms. The number of nitrogens with zero attached hydrogens (tertiary/aromatic N) is 4. The highest BCUT2D eigenvalue weighted by atomic mass is 19.4. The molecular formula is C22H18F6N4O. The van der Waals surface area contributed by atoms with Crippen LogP contribution in [0.4, 0.5) is 26.3 Å². The summed E-state index contributed by atoms with van der Waals surface area (Å²) in [6.07, 6.45) is -6.76. The molecule has 33 heavy (non-hydrogen) atoms. The zero-order valence-corrected chi connectivity index (χ0v) is 17.1. The second-order valence-electron chi connectivity index (χ2n) is 8.65. The zero-order valence-electron chi connectivity index (χ0n) is 17.1. The molecule has 1 amide bonds. The van der Waals surface area contributed by atoms with Crippen molar-refractivity contribution < 1.29 is 31.1 Å². The molecule has 3 aromatic rings. The third-order valence-electron chi connectivity index (χ3n) is 6.67. The minimum Gasteiger partial charge on any atom is -0.335 e. The summed E-state index contributed by atoms with van der Waals surface area (Å²) in [5.41, 5.74) is -1.30. The molecule has 0 N–H and O–H groups in total. The first-order valence-corrected chi connectivity index (χ1v) is 10.4. The molecule has 0 spiro atoms. The van der Waals surface area contributed by atoms with E-state index in [4.69, 9.17) is 0 Å². The van der Waals surface area contributed by atoms with Crippen LogP contribution in [0.2, 0.25) is 0 Å². The van der Waals surface area contributed by atoms with Gasteiger partial charge in [-0.1, -0.05) is 18.2 Å². The van der Waals surface area contributed by atoms with Gasteiger partial charge in [-0.15, -0.1) is 10.2 Å². The fraction of sp³-hybridized carbons (Fsp3) is 0.409. The zero-order chi connectivity index (χ0) is 23.5. The smallest absolute Gasteiger partial charge is 0.335 e. The summed E-state index contributed by atoms with van der Waals surface area (Å²) in [5.74, 6) is -0.668. The molecule has 11 heteroatoms. The van der Waals surface area contributed by atoms with E-state index < -0.39 is 29.4 Å². The Labute approximate surface area is 184 Å².